The van der Waals surface area contributed by atoms with Gasteiger partial charge in [-0.15, -0.1) is 0 Å². The minimum Gasteiger partial charge on any atom is -0.395 e. The number of benzene rings is 1. The van der Waals surface area contributed by atoms with Gasteiger partial charge in [-0.25, -0.2) is 4.79 Å². The van der Waals surface area contributed by atoms with Gasteiger partial charge in [0.25, 0.3) is 4.84 Å². The monoisotopic (exact) mass is 247 g/mol. The van der Waals surface area contributed by atoms with E-state index in [1.807, 2.05) is 0 Å². The molecule has 0 radical (unpaired) electrons. The summed E-state index contributed by atoms with van der Waals surface area (Å²) in [5.41, 5.74) is -2.12. The van der Waals surface area contributed by atoms with Crippen molar-refractivity contribution >= 4 is 23.1 Å². The summed E-state index contributed by atoms with van der Waals surface area (Å²) in [4.78, 5) is 13.5. The third-order valence-electron chi connectivity index (χ3n) is 2.00. The summed E-state index contributed by atoms with van der Waals surface area (Å²) in [6.07, 6.45) is -4.61. The zero-order valence-electron chi connectivity index (χ0n) is 7.59. The van der Waals surface area contributed by atoms with Crippen LogP contribution >= 0.6 is 12.2 Å². The predicted molar refractivity (Wildman–Crippen MR) is 52.7 cm³/mol. The van der Waals surface area contributed by atoms with Crippen molar-refractivity contribution in [3.8, 4) is 0 Å². The van der Waals surface area contributed by atoms with Gasteiger partial charge in [-0.2, -0.15) is 13.2 Å². The quantitative estimate of drug-likeness (QED) is 0.728. The van der Waals surface area contributed by atoms with E-state index in [1.54, 1.807) is 0 Å². The van der Waals surface area contributed by atoms with Gasteiger partial charge in [-0.3, -0.25) is 0 Å². The molecule has 0 amide bonds. The maximum atomic E-state index is 12.6. The Hall–Kier alpha value is -1.63. The number of fused-ring (bicyclic) bond motifs is 1. The van der Waals surface area contributed by atoms with Crippen LogP contribution < -0.4 is 5.63 Å². The number of H-pyrrole nitrogens is 1. The molecule has 0 fully saturated rings. The lowest BCUT2D eigenvalue weighted by Crippen LogP contribution is -2.12. The molecule has 0 unspecified atom stereocenters. The standard InChI is InChI=1S/C9H4F3NO2S/c10-9(11,12)4-2-1-3-5-6(4)7(14)15-8(16)13-5/h1-3H,(H,13,16). The number of hydrogen-bond donors (Lipinski definition) is 1. The van der Waals surface area contributed by atoms with Crippen molar-refractivity contribution in [3.63, 3.8) is 0 Å². The third-order valence-corrected chi connectivity index (χ3v) is 2.18. The molecule has 0 atom stereocenters. The Morgan fingerprint density at radius 2 is 2.00 bits per heavy atom. The molecular weight excluding hydrogens is 243 g/mol. The van der Waals surface area contributed by atoms with E-state index in [-0.39, 0.29) is 10.4 Å². The molecular formula is C9H4F3NO2S. The van der Waals surface area contributed by atoms with Gasteiger partial charge >= 0.3 is 11.8 Å². The molecule has 84 valence electrons. The van der Waals surface area contributed by atoms with Crippen LogP contribution in [0.5, 0.6) is 0 Å². The summed E-state index contributed by atoms with van der Waals surface area (Å²) in [6, 6.07) is 3.34. The van der Waals surface area contributed by atoms with Crippen LogP contribution in [0.2, 0.25) is 0 Å². The first-order chi connectivity index (χ1) is 7.39. The minimum atomic E-state index is -4.61. The van der Waals surface area contributed by atoms with Crippen LogP contribution in [0.3, 0.4) is 0 Å². The number of nitrogens with one attached hydrogen (secondary N) is 1. The summed E-state index contributed by atoms with van der Waals surface area (Å²) >= 11 is 4.56. The van der Waals surface area contributed by atoms with Crippen molar-refractivity contribution in [1.29, 1.82) is 0 Å². The fourth-order valence-electron chi connectivity index (χ4n) is 1.38. The zero-order valence-corrected chi connectivity index (χ0v) is 8.41. The Morgan fingerprint density at radius 1 is 1.31 bits per heavy atom. The van der Waals surface area contributed by atoms with Gasteiger partial charge < -0.3 is 9.40 Å². The van der Waals surface area contributed by atoms with Crippen LogP contribution in [-0.2, 0) is 6.18 Å². The third kappa shape index (κ3) is 1.73. The van der Waals surface area contributed by atoms with E-state index in [0.29, 0.717) is 0 Å². The van der Waals surface area contributed by atoms with Gasteiger partial charge in [0.1, 0.15) is 0 Å². The van der Waals surface area contributed by atoms with Gasteiger partial charge in [0.15, 0.2) is 0 Å². The van der Waals surface area contributed by atoms with Crippen LogP contribution in [0.25, 0.3) is 10.9 Å². The van der Waals surface area contributed by atoms with E-state index in [4.69, 9.17) is 0 Å². The molecule has 16 heavy (non-hydrogen) atoms. The van der Waals surface area contributed by atoms with E-state index in [9.17, 15) is 18.0 Å². The number of rotatable bonds is 0. The highest BCUT2D eigenvalue weighted by Gasteiger charge is 2.33. The first kappa shape index (κ1) is 10.9. The fourth-order valence-corrected chi connectivity index (χ4v) is 1.57. The largest absolute Gasteiger partial charge is 0.417 e. The second kappa shape index (κ2) is 3.44. The van der Waals surface area contributed by atoms with Gasteiger partial charge in [-0.1, -0.05) is 6.07 Å². The summed E-state index contributed by atoms with van der Waals surface area (Å²) < 4.78 is 42.2. The van der Waals surface area contributed by atoms with Crippen molar-refractivity contribution in [3.05, 3.63) is 39.0 Å². The van der Waals surface area contributed by atoms with E-state index in [1.165, 1.54) is 12.1 Å². The Kier molecular flexibility index (Phi) is 2.34. The van der Waals surface area contributed by atoms with Gasteiger partial charge in [-0.05, 0) is 24.4 Å². The molecule has 2 rings (SSSR count). The lowest BCUT2D eigenvalue weighted by molar-refractivity contribution is -0.136. The van der Waals surface area contributed by atoms with Crippen LogP contribution in [-0.4, -0.2) is 4.98 Å². The molecule has 1 N–H and O–H groups in total. The van der Waals surface area contributed by atoms with Crippen molar-refractivity contribution < 1.29 is 17.6 Å². The maximum absolute atomic E-state index is 12.6. The summed E-state index contributed by atoms with van der Waals surface area (Å²) in [5.74, 6) is 0. The van der Waals surface area contributed by atoms with E-state index >= 15 is 0 Å². The van der Waals surface area contributed by atoms with E-state index in [0.717, 1.165) is 6.07 Å². The van der Waals surface area contributed by atoms with Crippen molar-refractivity contribution in [2.75, 3.05) is 0 Å². The lowest BCUT2D eigenvalue weighted by atomic mass is 10.1. The molecule has 0 spiro atoms. The summed E-state index contributed by atoms with van der Waals surface area (Å²) in [5, 5.41) is -0.538. The Morgan fingerprint density at radius 3 is 2.62 bits per heavy atom. The highest BCUT2D eigenvalue weighted by Crippen LogP contribution is 2.32. The lowest BCUT2D eigenvalue weighted by Gasteiger charge is -2.08. The molecule has 7 heteroatoms. The molecule has 3 nitrogen and oxygen atoms in total. The van der Waals surface area contributed by atoms with Crippen LogP contribution in [0.1, 0.15) is 5.56 Å². The van der Waals surface area contributed by atoms with Gasteiger partial charge in [0.2, 0.25) is 0 Å². The number of aromatic amines is 1. The van der Waals surface area contributed by atoms with E-state index < -0.39 is 22.8 Å². The van der Waals surface area contributed by atoms with Gasteiger partial charge in [0.05, 0.1) is 16.5 Å². The zero-order chi connectivity index (χ0) is 11.9. The average molecular weight is 247 g/mol. The number of aromatic nitrogens is 1. The molecule has 1 aromatic carbocycles. The molecule has 0 aliphatic carbocycles. The van der Waals surface area contributed by atoms with Gasteiger partial charge in [0, 0.05) is 0 Å². The first-order valence-electron chi connectivity index (χ1n) is 4.13. The van der Waals surface area contributed by atoms with Crippen molar-refractivity contribution in [2.45, 2.75) is 6.18 Å². The summed E-state index contributed by atoms with van der Waals surface area (Å²) in [7, 11) is 0. The maximum Gasteiger partial charge on any atom is 0.417 e. The van der Waals surface area contributed by atoms with Crippen molar-refractivity contribution in [1.82, 2.24) is 4.98 Å². The summed E-state index contributed by atoms with van der Waals surface area (Å²) in [6.45, 7) is 0. The molecule has 0 aliphatic heterocycles. The highest BCUT2D eigenvalue weighted by atomic mass is 32.1. The van der Waals surface area contributed by atoms with Crippen LogP contribution in [0, 0.1) is 4.84 Å². The average Bonchev–Trinajstić information content (AvgIpc) is 2.14. The van der Waals surface area contributed by atoms with Crippen LogP contribution in [0.4, 0.5) is 13.2 Å². The molecule has 1 aromatic heterocycles. The molecule has 2 aromatic rings. The number of alkyl halides is 3. The Balaban J connectivity index is 2.99. The molecule has 0 saturated heterocycles. The minimum absolute atomic E-state index is 0.0103. The Bertz CT molecular complexity index is 656. The normalized spacial score (nSPS) is 11.9. The molecule has 1 heterocycles. The second-order valence-electron chi connectivity index (χ2n) is 3.03. The van der Waals surface area contributed by atoms with Crippen molar-refractivity contribution in [2.24, 2.45) is 0 Å². The topological polar surface area (TPSA) is 46.0 Å². The molecule has 0 saturated carbocycles. The molecule has 0 bridgehead atoms. The highest BCUT2D eigenvalue weighted by molar-refractivity contribution is 7.71. The first-order valence-corrected chi connectivity index (χ1v) is 4.54. The SMILES string of the molecule is O=c1oc(=S)[nH]c2cccc(C(F)(F)F)c12. The second-order valence-corrected chi connectivity index (χ2v) is 3.40. The smallest absolute Gasteiger partial charge is 0.395 e. The number of halogens is 3. The molecule has 0 aliphatic rings. The Labute approximate surface area is 91.5 Å². The fraction of sp³-hybridized carbons (Fsp3) is 0.111. The van der Waals surface area contributed by atoms with Crippen LogP contribution in [0.15, 0.2) is 27.4 Å². The predicted octanol–water partition coefficient (Wildman–Crippen LogP) is 2.87. The van der Waals surface area contributed by atoms with E-state index in [2.05, 4.69) is 21.6 Å². The number of hydrogen-bond acceptors (Lipinski definition) is 3.